The molecule has 0 saturated carbocycles. The number of nitrogens with zero attached hydrogens (tertiary/aromatic N) is 5. The topological polar surface area (TPSA) is 111 Å². The Hall–Kier alpha value is -3.50. The number of hydrogen-bond donors (Lipinski definition) is 2. The zero-order valence-electron chi connectivity index (χ0n) is 17.7. The van der Waals surface area contributed by atoms with Crippen LogP contribution < -0.4 is 20.7 Å². The molecular weight excluding hydrogens is 420 g/mol. The first-order chi connectivity index (χ1) is 15.2. The largest absolute Gasteiger partial charge is 0.477 e. The van der Waals surface area contributed by atoms with Crippen LogP contribution in [0, 0.1) is 11.2 Å². The second-order valence-electron chi connectivity index (χ2n) is 9.00. The van der Waals surface area contributed by atoms with E-state index in [1.807, 2.05) is 13.8 Å². The highest BCUT2D eigenvalue weighted by atomic mass is 19.1. The fourth-order valence-corrected chi connectivity index (χ4v) is 4.17. The van der Waals surface area contributed by atoms with Gasteiger partial charge in [-0.25, -0.2) is 23.3 Å². The van der Waals surface area contributed by atoms with Gasteiger partial charge in [0.15, 0.2) is 11.5 Å². The minimum Gasteiger partial charge on any atom is -0.477 e. The van der Waals surface area contributed by atoms with Gasteiger partial charge in [-0.15, -0.1) is 5.10 Å². The molecule has 9 nitrogen and oxygen atoms in total. The van der Waals surface area contributed by atoms with Gasteiger partial charge in [0.05, 0.1) is 25.4 Å². The van der Waals surface area contributed by atoms with Crippen molar-refractivity contribution in [3.63, 3.8) is 0 Å². The second kappa shape index (κ2) is 7.28. The Kier molecular flexibility index (Phi) is 4.64. The smallest absolute Gasteiger partial charge is 0.258 e. The minimum absolute atomic E-state index is 0.0475. The molecule has 168 valence electrons. The van der Waals surface area contributed by atoms with Crippen molar-refractivity contribution < 1.29 is 18.3 Å². The summed E-state index contributed by atoms with van der Waals surface area (Å²) in [5.41, 5.74) is 6.41. The number of pyridine rings is 1. The Morgan fingerprint density at radius 2 is 2.19 bits per heavy atom. The van der Waals surface area contributed by atoms with E-state index >= 15 is 0 Å². The summed E-state index contributed by atoms with van der Waals surface area (Å²) in [7, 11) is 0. The number of nitrogens with two attached hydrogens (primary N) is 1. The number of carbonyl (C=O) groups is 1. The maximum absolute atomic E-state index is 14.6. The van der Waals surface area contributed by atoms with Gasteiger partial charge in [-0.2, -0.15) is 0 Å². The Labute approximate surface area is 182 Å². The van der Waals surface area contributed by atoms with Gasteiger partial charge in [0, 0.05) is 30.1 Å². The Morgan fingerprint density at radius 1 is 1.38 bits per heavy atom. The lowest BCUT2D eigenvalue weighted by Gasteiger charge is -2.29. The molecule has 2 aliphatic heterocycles. The summed E-state index contributed by atoms with van der Waals surface area (Å²) in [4.78, 5) is 23.4. The number of fused-ring (bicyclic) bond motifs is 5. The Balaban J connectivity index is 1.70. The molecule has 2 atom stereocenters. The maximum atomic E-state index is 14.6. The molecule has 2 aliphatic rings. The molecule has 5 heterocycles. The lowest BCUT2D eigenvalue weighted by Crippen LogP contribution is -2.38. The van der Waals surface area contributed by atoms with Crippen LogP contribution in [0.15, 0.2) is 24.5 Å². The number of aromatic nitrogens is 4. The van der Waals surface area contributed by atoms with Gasteiger partial charge < -0.3 is 20.7 Å². The number of carbonyl (C=O) groups excluding carboxylic acids is 1. The van der Waals surface area contributed by atoms with Gasteiger partial charge in [-0.3, -0.25) is 4.79 Å². The predicted molar refractivity (Wildman–Crippen MR) is 113 cm³/mol. The second-order valence-corrected chi connectivity index (χ2v) is 9.00. The summed E-state index contributed by atoms with van der Waals surface area (Å²) in [6.45, 7) is 4.36. The summed E-state index contributed by atoms with van der Waals surface area (Å²) < 4.78 is 36.2. The summed E-state index contributed by atoms with van der Waals surface area (Å²) in [6, 6.07) is 2.45. The quantitative estimate of drug-likeness (QED) is 0.548. The molecule has 2 bridgehead atoms. The maximum Gasteiger partial charge on any atom is 0.258 e. The lowest BCUT2D eigenvalue weighted by molar-refractivity contribution is 0.0919. The van der Waals surface area contributed by atoms with Crippen LogP contribution in [-0.2, 0) is 0 Å². The zero-order valence-corrected chi connectivity index (χ0v) is 17.7. The summed E-state index contributed by atoms with van der Waals surface area (Å²) in [5.74, 6) is -0.233. The Morgan fingerprint density at radius 3 is 3.00 bits per heavy atom. The number of halogens is 2. The molecule has 1 saturated heterocycles. The minimum atomic E-state index is -1.15. The molecule has 0 spiro atoms. The van der Waals surface area contributed by atoms with Crippen LogP contribution in [-0.4, -0.2) is 51.4 Å². The zero-order chi connectivity index (χ0) is 22.6. The molecular formula is C21H23F2N7O2. The van der Waals surface area contributed by atoms with Crippen LogP contribution >= 0.6 is 0 Å². The highest BCUT2D eigenvalue weighted by Crippen LogP contribution is 2.40. The van der Waals surface area contributed by atoms with Crippen LogP contribution in [0.3, 0.4) is 0 Å². The van der Waals surface area contributed by atoms with Crippen LogP contribution in [0.5, 0.6) is 5.88 Å². The van der Waals surface area contributed by atoms with E-state index in [1.165, 1.54) is 10.6 Å². The fourth-order valence-electron chi connectivity index (χ4n) is 4.17. The van der Waals surface area contributed by atoms with Gasteiger partial charge in [-0.05, 0) is 12.1 Å². The summed E-state index contributed by atoms with van der Waals surface area (Å²) in [5, 5.41) is 7.04. The molecule has 0 aromatic carbocycles. The van der Waals surface area contributed by atoms with Gasteiger partial charge in [0.2, 0.25) is 5.88 Å². The van der Waals surface area contributed by atoms with E-state index in [0.717, 1.165) is 6.20 Å². The first kappa shape index (κ1) is 20.4. The van der Waals surface area contributed by atoms with E-state index in [9.17, 15) is 13.6 Å². The van der Waals surface area contributed by atoms with Crippen molar-refractivity contribution in [1.29, 1.82) is 0 Å². The SMILES string of the molecule is CC1(C)CNC(=O)c2c(N)nn3ccc(nc23)N2C[C@@H](F)C[C@@H]2c2cc(F)cnc2OC1. The van der Waals surface area contributed by atoms with E-state index in [1.54, 1.807) is 17.2 Å². The molecule has 0 aliphatic carbocycles. The van der Waals surface area contributed by atoms with E-state index in [-0.39, 0.29) is 49.0 Å². The lowest BCUT2D eigenvalue weighted by atomic mass is 9.94. The third-order valence-corrected chi connectivity index (χ3v) is 5.80. The first-order valence-corrected chi connectivity index (χ1v) is 10.3. The van der Waals surface area contributed by atoms with E-state index in [4.69, 9.17) is 10.5 Å². The molecule has 0 unspecified atom stereocenters. The van der Waals surface area contributed by atoms with Gasteiger partial charge in [-0.1, -0.05) is 13.8 Å². The van der Waals surface area contributed by atoms with Crippen LogP contribution in [0.1, 0.15) is 42.2 Å². The summed E-state index contributed by atoms with van der Waals surface area (Å²) in [6.07, 6.45) is 1.67. The molecule has 11 heteroatoms. The van der Waals surface area contributed by atoms with Gasteiger partial charge in [0.25, 0.3) is 5.91 Å². The molecule has 3 N–H and O–H groups in total. The fraction of sp³-hybridized carbons (Fsp3) is 0.429. The highest BCUT2D eigenvalue weighted by Gasteiger charge is 2.37. The molecule has 1 amide bonds. The highest BCUT2D eigenvalue weighted by molar-refractivity contribution is 6.04. The molecule has 3 aromatic rings. The number of ether oxygens (including phenoxy) is 1. The van der Waals surface area contributed by atoms with Crippen molar-refractivity contribution in [3.05, 3.63) is 41.5 Å². The number of rotatable bonds is 0. The number of anilines is 2. The molecule has 5 rings (SSSR count). The third-order valence-electron chi connectivity index (χ3n) is 5.80. The number of hydrogen-bond acceptors (Lipinski definition) is 7. The van der Waals surface area contributed by atoms with Crippen LogP contribution in [0.4, 0.5) is 20.4 Å². The van der Waals surface area contributed by atoms with Crippen molar-refractivity contribution >= 4 is 23.2 Å². The van der Waals surface area contributed by atoms with Crippen LogP contribution in [0.2, 0.25) is 0 Å². The van der Waals surface area contributed by atoms with E-state index in [2.05, 4.69) is 20.4 Å². The summed E-state index contributed by atoms with van der Waals surface area (Å²) >= 11 is 0. The van der Waals surface area contributed by atoms with Crippen LogP contribution in [0.25, 0.3) is 5.65 Å². The molecule has 32 heavy (non-hydrogen) atoms. The van der Waals surface area contributed by atoms with Gasteiger partial charge in [0.1, 0.15) is 23.4 Å². The third kappa shape index (κ3) is 3.47. The number of nitrogen functional groups attached to an aromatic ring is 1. The van der Waals surface area contributed by atoms with Crippen molar-refractivity contribution in [2.75, 3.05) is 30.3 Å². The average Bonchev–Trinajstić information content (AvgIpc) is 3.29. The monoisotopic (exact) mass is 443 g/mol. The number of nitrogens with one attached hydrogen (secondary N) is 1. The Bertz CT molecular complexity index is 1210. The van der Waals surface area contributed by atoms with Gasteiger partial charge >= 0.3 is 0 Å². The average molecular weight is 443 g/mol. The number of alkyl halides is 1. The molecule has 0 radical (unpaired) electrons. The standard InChI is InChI=1S/C21H23F2N7O2/c1-21(2)9-26-19(31)16-17(24)28-30-4-3-15(27-18(16)30)29-8-12(23)6-14(29)13-5-11(22)7-25-20(13)32-10-21/h3-5,7,12,14H,6,8-10H2,1-2H3,(H2,24,28)(H,26,31)/t12-,14+/m0/s1. The van der Waals surface area contributed by atoms with E-state index in [0.29, 0.717) is 11.4 Å². The molecule has 1 fully saturated rings. The van der Waals surface area contributed by atoms with E-state index < -0.39 is 29.4 Å². The number of amides is 1. The first-order valence-electron chi connectivity index (χ1n) is 10.3. The molecule has 3 aromatic heterocycles. The van der Waals surface area contributed by atoms with Crippen molar-refractivity contribution in [2.24, 2.45) is 5.41 Å². The van der Waals surface area contributed by atoms with Crippen molar-refractivity contribution in [3.8, 4) is 5.88 Å². The predicted octanol–water partition coefficient (Wildman–Crippen LogP) is 2.28. The van der Waals surface area contributed by atoms with Crippen molar-refractivity contribution in [1.82, 2.24) is 24.9 Å². The van der Waals surface area contributed by atoms with Crippen molar-refractivity contribution in [2.45, 2.75) is 32.5 Å². The normalized spacial score (nSPS) is 22.8.